The molecule has 10 nitrogen and oxygen atoms in total. The van der Waals surface area contributed by atoms with Crippen LogP contribution in [0.5, 0.6) is 0 Å². The summed E-state index contributed by atoms with van der Waals surface area (Å²) in [6, 6.07) is 13.6. The molecule has 0 aliphatic rings. The van der Waals surface area contributed by atoms with Crippen LogP contribution >= 0.6 is 11.3 Å². The minimum Gasteiger partial charge on any atom is -0.361 e. The minimum atomic E-state index is -0.531. The van der Waals surface area contributed by atoms with Gasteiger partial charge in [-0.05, 0) is 55.8 Å². The van der Waals surface area contributed by atoms with Crippen molar-refractivity contribution in [3.63, 3.8) is 0 Å². The maximum Gasteiger partial charge on any atom is 0.307 e. The van der Waals surface area contributed by atoms with Crippen molar-refractivity contribution < 1.29 is 14.2 Å². The number of aryl methyl sites for hydroxylation is 2. The third-order valence-corrected chi connectivity index (χ3v) is 6.35. The van der Waals surface area contributed by atoms with Gasteiger partial charge in [-0.1, -0.05) is 11.2 Å². The van der Waals surface area contributed by atoms with Crippen LogP contribution in [0.2, 0.25) is 0 Å². The van der Waals surface area contributed by atoms with Gasteiger partial charge in [0.1, 0.15) is 23.2 Å². The van der Waals surface area contributed by atoms with Crippen molar-refractivity contribution in [2.75, 3.05) is 5.32 Å². The Kier molecular flexibility index (Phi) is 5.38. The molecule has 0 saturated carbocycles. The largest absolute Gasteiger partial charge is 0.361 e. The third kappa shape index (κ3) is 4.16. The van der Waals surface area contributed by atoms with Gasteiger partial charge in [-0.25, -0.2) is 4.98 Å². The van der Waals surface area contributed by atoms with Crippen LogP contribution < -0.4 is 5.32 Å². The van der Waals surface area contributed by atoms with Gasteiger partial charge in [0, 0.05) is 16.8 Å². The zero-order valence-corrected chi connectivity index (χ0v) is 19.0. The highest BCUT2D eigenvalue weighted by molar-refractivity contribution is 7.21. The molecule has 1 amide bonds. The zero-order chi connectivity index (χ0) is 23.8. The second-order valence-electron chi connectivity index (χ2n) is 7.74. The quantitative estimate of drug-likeness (QED) is 0.272. The summed E-state index contributed by atoms with van der Waals surface area (Å²) < 4.78 is 7.69. The van der Waals surface area contributed by atoms with Gasteiger partial charge in [0.25, 0.3) is 5.91 Å². The number of benzene rings is 2. The van der Waals surface area contributed by atoms with Crippen molar-refractivity contribution >= 4 is 38.8 Å². The summed E-state index contributed by atoms with van der Waals surface area (Å²) in [5.74, 6) is -0.0126. The van der Waals surface area contributed by atoms with E-state index in [2.05, 4.69) is 33.5 Å². The van der Waals surface area contributed by atoms with Gasteiger partial charge in [0.15, 0.2) is 5.69 Å². The number of anilines is 1. The number of hydrogen-bond donors (Lipinski definition) is 1. The predicted molar refractivity (Wildman–Crippen MR) is 127 cm³/mol. The van der Waals surface area contributed by atoms with Crippen LogP contribution in [0.1, 0.15) is 27.4 Å². The first kappa shape index (κ1) is 21.5. The second-order valence-corrected chi connectivity index (χ2v) is 8.77. The summed E-state index contributed by atoms with van der Waals surface area (Å²) in [7, 11) is 0. The van der Waals surface area contributed by atoms with Crippen LogP contribution in [0.15, 0.2) is 59.4 Å². The van der Waals surface area contributed by atoms with E-state index in [4.69, 9.17) is 4.52 Å². The van der Waals surface area contributed by atoms with E-state index in [1.54, 1.807) is 30.4 Å². The second kappa shape index (κ2) is 8.52. The highest BCUT2D eigenvalue weighted by Gasteiger charge is 2.21. The summed E-state index contributed by atoms with van der Waals surface area (Å²) in [6.07, 6.45) is 2.44. The van der Waals surface area contributed by atoms with Gasteiger partial charge in [-0.3, -0.25) is 19.6 Å². The van der Waals surface area contributed by atoms with E-state index in [1.807, 2.05) is 24.3 Å². The van der Waals surface area contributed by atoms with Gasteiger partial charge in [0.2, 0.25) is 0 Å². The normalized spacial score (nSPS) is 11.1. The molecule has 5 rings (SSSR count). The van der Waals surface area contributed by atoms with E-state index in [0.717, 1.165) is 27.0 Å². The van der Waals surface area contributed by atoms with Crippen molar-refractivity contribution in [1.29, 1.82) is 0 Å². The number of nitrogens with zero attached hydrogens (tertiary/aromatic N) is 5. The van der Waals surface area contributed by atoms with Crippen molar-refractivity contribution in [2.45, 2.75) is 20.4 Å². The van der Waals surface area contributed by atoms with Crippen LogP contribution in [0.3, 0.4) is 0 Å². The lowest BCUT2D eigenvalue weighted by atomic mass is 10.1. The van der Waals surface area contributed by atoms with Crippen LogP contribution in [0.4, 0.5) is 11.4 Å². The van der Waals surface area contributed by atoms with Crippen LogP contribution in [0.25, 0.3) is 20.8 Å². The summed E-state index contributed by atoms with van der Waals surface area (Å²) in [4.78, 5) is 27.9. The van der Waals surface area contributed by atoms with Crippen LogP contribution in [0, 0.1) is 24.0 Å². The van der Waals surface area contributed by atoms with Crippen LogP contribution in [-0.2, 0) is 6.54 Å². The lowest BCUT2D eigenvalue weighted by Crippen LogP contribution is -2.16. The fraction of sp³-hybridized carbons (Fsp3) is 0.130. The Bertz CT molecular complexity index is 1530. The Morgan fingerprint density at radius 1 is 1.21 bits per heavy atom. The van der Waals surface area contributed by atoms with E-state index < -0.39 is 10.8 Å². The predicted octanol–water partition coefficient (Wildman–Crippen LogP) is 4.97. The van der Waals surface area contributed by atoms with Gasteiger partial charge in [0.05, 0.1) is 21.7 Å². The highest BCUT2D eigenvalue weighted by Crippen LogP contribution is 2.31. The summed E-state index contributed by atoms with van der Waals surface area (Å²) in [6.45, 7) is 3.84. The van der Waals surface area contributed by atoms with E-state index >= 15 is 0 Å². The van der Waals surface area contributed by atoms with Gasteiger partial charge < -0.3 is 9.84 Å². The van der Waals surface area contributed by atoms with E-state index in [-0.39, 0.29) is 17.9 Å². The molecular weight excluding hydrogens is 456 g/mol. The van der Waals surface area contributed by atoms with Crippen LogP contribution in [-0.4, -0.2) is 30.8 Å². The number of hydrogen-bond acceptors (Lipinski definition) is 8. The molecule has 5 aromatic rings. The molecule has 34 heavy (non-hydrogen) atoms. The molecular formula is C23H18N6O4S. The first-order chi connectivity index (χ1) is 16.4. The number of aromatic nitrogens is 4. The molecule has 0 bridgehead atoms. The van der Waals surface area contributed by atoms with Gasteiger partial charge >= 0.3 is 5.69 Å². The molecule has 0 fully saturated rings. The molecule has 1 N–H and O–H groups in total. The topological polar surface area (TPSA) is 129 Å². The standard InChI is InChI=1S/C23H18N6O4S/c1-13-3-8-19-20(9-13)34-23(26-19)15-4-6-16(7-5-15)25-22(30)21-18(14(2)33-27-21)12-28-11-17(10-24-28)29(31)32/h3-11H,12H2,1-2H3,(H,25,30). The number of amides is 1. The molecule has 0 unspecified atom stereocenters. The maximum absolute atomic E-state index is 12.9. The Labute approximate surface area is 197 Å². The lowest BCUT2D eigenvalue weighted by molar-refractivity contribution is -0.385. The third-order valence-electron chi connectivity index (χ3n) is 5.28. The summed E-state index contributed by atoms with van der Waals surface area (Å²) >= 11 is 1.62. The van der Waals surface area contributed by atoms with Gasteiger partial charge in [-0.15, -0.1) is 11.3 Å². The fourth-order valence-electron chi connectivity index (χ4n) is 3.49. The maximum atomic E-state index is 12.9. The monoisotopic (exact) mass is 474 g/mol. The van der Waals surface area contributed by atoms with Crippen molar-refractivity contribution in [1.82, 2.24) is 19.9 Å². The van der Waals surface area contributed by atoms with Crippen molar-refractivity contribution in [3.8, 4) is 10.6 Å². The van der Waals surface area contributed by atoms with E-state index in [0.29, 0.717) is 17.0 Å². The number of rotatable bonds is 6. The number of nitro groups is 1. The van der Waals surface area contributed by atoms with E-state index in [9.17, 15) is 14.9 Å². The summed E-state index contributed by atoms with van der Waals surface area (Å²) in [5, 5.41) is 22.5. The Morgan fingerprint density at radius 3 is 2.74 bits per heavy atom. The average molecular weight is 475 g/mol. The zero-order valence-electron chi connectivity index (χ0n) is 18.2. The molecule has 0 aliphatic carbocycles. The lowest BCUT2D eigenvalue weighted by Gasteiger charge is -2.06. The molecule has 170 valence electrons. The fourth-order valence-corrected chi connectivity index (χ4v) is 4.56. The van der Waals surface area contributed by atoms with Crippen molar-refractivity contribution in [2.24, 2.45) is 0 Å². The first-order valence-electron chi connectivity index (χ1n) is 10.3. The number of nitrogens with one attached hydrogen (secondary N) is 1. The molecule has 0 saturated heterocycles. The molecule has 0 radical (unpaired) electrons. The Morgan fingerprint density at radius 2 is 2.00 bits per heavy atom. The smallest absolute Gasteiger partial charge is 0.307 e. The molecule has 0 atom stereocenters. The Balaban J connectivity index is 1.33. The number of carbonyl (C=O) groups is 1. The molecule has 2 aromatic carbocycles. The first-order valence-corrected chi connectivity index (χ1v) is 11.1. The minimum absolute atomic E-state index is 0.0984. The SMILES string of the molecule is Cc1ccc2nc(-c3ccc(NC(=O)c4noc(C)c4Cn4cc([N+](=O)[O-])cn4)cc3)sc2c1. The van der Waals surface area contributed by atoms with E-state index in [1.165, 1.54) is 16.4 Å². The number of fused-ring (bicyclic) bond motifs is 1. The molecule has 0 spiro atoms. The number of carbonyl (C=O) groups excluding carboxylic acids is 1. The Hall–Kier alpha value is -4.38. The van der Waals surface area contributed by atoms with Gasteiger partial charge in [-0.2, -0.15) is 5.10 Å². The molecule has 11 heteroatoms. The highest BCUT2D eigenvalue weighted by atomic mass is 32.1. The number of thiazole rings is 1. The average Bonchev–Trinajstić information content (AvgIpc) is 3.53. The van der Waals surface area contributed by atoms with Crippen molar-refractivity contribution in [3.05, 3.63) is 87.6 Å². The molecule has 0 aliphatic heterocycles. The summed E-state index contributed by atoms with van der Waals surface area (Å²) in [5.41, 5.74) is 4.15. The molecule has 3 aromatic heterocycles. The molecule has 3 heterocycles.